The van der Waals surface area contributed by atoms with Crippen LogP contribution in [0.1, 0.15) is 57.1 Å². The maximum Gasteiger partial charge on any atom is 0.119 e. The van der Waals surface area contributed by atoms with Crippen LogP contribution in [0.4, 0.5) is 0 Å². The van der Waals surface area contributed by atoms with Crippen LogP contribution < -0.4 is 10.1 Å². The first kappa shape index (κ1) is 14.9. The largest absolute Gasteiger partial charge is 0.497 e. The number of rotatable bonds is 3. The van der Waals surface area contributed by atoms with Crippen LogP contribution in [0.3, 0.4) is 0 Å². The molecule has 0 amide bonds. The van der Waals surface area contributed by atoms with Crippen LogP contribution in [-0.4, -0.2) is 19.7 Å². The molecule has 1 fully saturated rings. The molecule has 1 saturated carbocycles. The normalized spacial score (nSPS) is 32.0. The fraction of sp³-hybridized carbons (Fsp3) is 0.684. The lowest BCUT2D eigenvalue weighted by molar-refractivity contribution is 0.168. The minimum Gasteiger partial charge on any atom is -0.497 e. The van der Waals surface area contributed by atoms with E-state index in [1.54, 1.807) is 12.7 Å². The van der Waals surface area contributed by atoms with Gasteiger partial charge in [0.25, 0.3) is 0 Å². The maximum absolute atomic E-state index is 5.49. The highest BCUT2D eigenvalue weighted by atomic mass is 16.5. The molecule has 0 heterocycles. The SMILES string of the molecule is CCN[C@H]1[C@H]2CCCCC[C@]1(C)c1cc(OC)ccc1C2. The van der Waals surface area contributed by atoms with Crippen LogP contribution in [-0.2, 0) is 11.8 Å². The van der Waals surface area contributed by atoms with Crippen molar-refractivity contribution in [1.29, 1.82) is 0 Å². The van der Waals surface area contributed by atoms with E-state index in [9.17, 15) is 0 Å². The minimum atomic E-state index is 0.253. The molecule has 2 aliphatic rings. The lowest BCUT2D eigenvalue weighted by Crippen LogP contribution is -2.55. The smallest absolute Gasteiger partial charge is 0.119 e. The number of ether oxygens (including phenoxy) is 1. The Kier molecular flexibility index (Phi) is 4.26. The van der Waals surface area contributed by atoms with Gasteiger partial charge < -0.3 is 10.1 Å². The Bertz CT molecular complexity index is 498. The molecule has 1 aromatic rings. The molecule has 0 radical (unpaired) electrons. The lowest BCUT2D eigenvalue weighted by atomic mass is 9.59. The van der Waals surface area contributed by atoms with Gasteiger partial charge in [-0.3, -0.25) is 0 Å². The van der Waals surface area contributed by atoms with Crippen LogP contribution in [0.25, 0.3) is 0 Å². The zero-order valence-corrected chi connectivity index (χ0v) is 13.7. The Labute approximate surface area is 129 Å². The van der Waals surface area contributed by atoms with E-state index in [4.69, 9.17) is 4.74 Å². The van der Waals surface area contributed by atoms with Crippen LogP contribution >= 0.6 is 0 Å². The van der Waals surface area contributed by atoms with E-state index in [-0.39, 0.29) is 5.41 Å². The standard InChI is InChI=1S/C19H29NO/c1-4-20-18-15-8-6-5-7-11-19(18,2)17-13-16(21-3)10-9-14(17)12-15/h9-10,13,15,18,20H,4-8,11-12H2,1-3H3/t15-,18-,19+/m0/s1. The van der Waals surface area contributed by atoms with Gasteiger partial charge in [0.1, 0.15) is 5.75 Å². The van der Waals surface area contributed by atoms with Crippen molar-refractivity contribution >= 4 is 0 Å². The Morgan fingerprint density at radius 2 is 2.14 bits per heavy atom. The molecule has 1 aromatic carbocycles. The van der Waals surface area contributed by atoms with Gasteiger partial charge in [-0.05, 0) is 55.0 Å². The first-order chi connectivity index (χ1) is 10.2. The summed E-state index contributed by atoms with van der Waals surface area (Å²) in [5.74, 6) is 1.79. The number of benzene rings is 1. The zero-order valence-electron chi connectivity index (χ0n) is 13.7. The van der Waals surface area contributed by atoms with E-state index in [1.165, 1.54) is 44.1 Å². The van der Waals surface area contributed by atoms with E-state index < -0.39 is 0 Å². The lowest BCUT2D eigenvalue weighted by Gasteiger charge is -2.49. The number of likely N-dealkylation sites (N-methyl/N-ethyl adjacent to an activating group) is 1. The van der Waals surface area contributed by atoms with Gasteiger partial charge in [0.15, 0.2) is 0 Å². The molecule has 3 atom stereocenters. The van der Waals surface area contributed by atoms with Gasteiger partial charge in [-0.1, -0.05) is 39.2 Å². The maximum atomic E-state index is 5.49. The number of nitrogens with one attached hydrogen (secondary N) is 1. The van der Waals surface area contributed by atoms with Gasteiger partial charge in [-0.15, -0.1) is 0 Å². The summed E-state index contributed by atoms with van der Waals surface area (Å²) in [6.07, 6.45) is 8.03. The molecule has 0 aliphatic heterocycles. The van der Waals surface area contributed by atoms with Crippen molar-refractivity contribution in [2.75, 3.05) is 13.7 Å². The summed E-state index contributed by atoms with van der Waals surface area (Å²) in [7, 11) is 1.77. The van der Waals surface area contributed by atoms with Gasteiger partial charge in [0.05, 0.1) is 7.11 Å². The van der Waals surface area contributed by atoms with Crippen molar-refractivity contribution in [3.63, 3.8) is 0 Å². The predicted molar refractivity (Wildman–Crippen MR) is 88.1 cm³/mol. The van der Waals surface area contributed by atoms with Gasteiger partial charge in [0.2, 0.25) is 0 Å². The molecule has 2 aliphatic carbocycles. The molecule has 116 valence electrons. The highest BCUT2D eigenvalue weighted by Crippen LogP contribution is 2.47. The quantitative estimate of drug-likeness (QED) is 0.905. The molecular weight excluding hydrogens is 258 g/mol. The Hall–Kier alpha value is -1.02. The van der Waals surface area contributed by atoms with Crippen molar-refractivity contribution in [3.05, 3.63) is 29.3 Å². The Morgan fingerprint density at radius 3 is 2.90 bits per heavy atom. The molecule has 0 saturated heterocycles. The van der Waals surface area contributed by atoms with Crippen LogP contribution in [0.2, 0.25) is 0 Å². The first-order valence-electron chi connectivity index (χ1n) is 8.60. The fourth-order valence-corrected chi connectivity index (χ4v) is 4.73. The fourth-order valence-electron chi connectivity index (χ4n) is 4.73. The van der Waals surface area contributed by atoms with Gasteiger partial charge in [0, 0.05) is 11.5 Å². The van der Waals surface area contributed by atoms with Crippen LogP contribution in [0, 0.1) is 5.92 Å². The molecule has 2 heteroatoms. The van der Waals surface area contributed by atoms with Crippen molar-refractivity contribution in [2.45, 2.75) is 63.8 Å². The monoisotopic (exact) mass is 287 g/mol. The van der Waals surface area contributed by atoms with E-state index in [0.29, 0.717) is 6.04 Å². The summed E-state index contributed by atoms with van der Waals surface area (Å²) < 4.78 is 5.49. The van der Waals surface area contributed by atoms with Gasteiger partial charge in [-0.2, -0.15) is 0 Å². The molecule has 0 aromatic heterocycles. The van der Waals surface area contributed by atoms with Crippen molar-refractivity contribution < 1.29 is 4.74 Å². The second-order valence-corrected chi connectivity index (χ2v) is 7.04. The summed E-state index contributed by atoms with van der Waals surface area (Å²) in [6, 6.07) is 7.36. The minimum absolute atomic E-state index is 0.253. The molecule has 2 bridgehead atoms. The van der Waals surface area contributed by atoms with Gasteiger partial charge in [-0.25, -0.2) is 0 Å². The topological polar surface area (TPSA) is 21.3 Å². The zero-order chi connectivity index (χ0) is 14.9. The number of fused-ring (bicyclic) bond motifs is 4. The summed E-state index contributed by atoms with van der Waals surface area (Å²) in [5.41, 5.74) is 3.34. The summed E-state index contributed by atoms with van der Waals surface area (Å²) >= 11 is 0. The third-order valence-electron chi connectivity index (χ3n) is 5.77. The summed E-state index contributed by atoms with van der Waals surface area (Å²) in [6.45, 7) is 5.79. The molecular formula is C19H29NO. The van der Waals surface area contributed by atoms with Crippen molar-refractivity contribution in [3.8, 4) is 5.75 Å². The van der Waals surface area contributed by atoms with Crippen LogP contribution in [0.15, 0.2) is 18.2 Å². The summed E-state index contributed by atoms with van der Waals surface area (Å²) in [5, 5.41) is 3.83. The summed E-state index contributed by atoms with van der Waals surface area (Å²) in [4.78, 5) is 0. The highest BCUT2D eigenvalue weighted by Gasteiger charge is 2.45. The van der Waals surface area contributed by atoms with Crippen molar-refractivity contribution in [1.82, 2.24) is 5.32 Å². The Balaban J connectivity index is 2.08. The van der Waals surface area contributed by atoms with Crippen molar-refractivity contribution in [2.24, 2.45) is 5.92 Å². The third kappa shape index (κ3) is 2.59. The van der Waals surface area contributed by atoms with E-state index in [0.717, 1.165) is 18.2 Å². The average Bonchev–Trinajstić information content (AvgIpc) is 2.49. The van der Waals surface area contributed by atoms with E-state index in [1.807, 2.05) is 0 Å². The molecule has 21 heavy (non-hydrogen) atoms. The molecule has 1 N–H and O–H groups in total. The van der Waals surface area contributed by atoms with Crippen LogP contribution in [0.5, 0.6) is 5.75 Å². The third-order valence-corrected chi connectivity index (χ3v) is 5.77. The molecule has 0 unspecified atom stereocenters. The number of hydrogen-bond donors (Lipinski definition) is 1. The number of hydrogen-bond acceptors (Lipinski definition) is 2. The van der Waals surface area contributed by atoms with E-state index in [2.05, 4.69) is 37.4 Å². The number of methoxy groups -OCH3 is 1. The van der Waals surface area contributed by atoms with Gasteiger partial charge >= 0.3 is 0 Å². The second-order valence-electron chi connectivity index (χ2n) is 7.04. The van der Waals surface area contributed by atoms with E-state index >= 15 is 0 Å². The first-order valence-corrected chi connectivity index (χ1v) is 8.60. The second kappa shape index (κ2) is 6.00. The molecule has 2 nitrogen and oxygen atoms in total. The Morgan fingerprint density at radius 1 is 1.29 bits per heavy atom. The molecule has 3 rings (SSSR count). The predicted octanol–water partition coefficient (Wildman–Crippen LogP) is 4.07. The molecule has 0 spiro atoms. The highest BCUT2D eigenvalue weighted by molar-refractivity contribution is 5.44. The average molecular weight is 287 g/mol.